The molecule has 0 aliphatic heterocycles. The van der Waals surface area contributed by atoms with Crippen LogP contribution >= 0.6 is 20.8 Å². The van der Waals surface area contributed by atoms with E-state index in [0.717, 1.165) is 41.3 Å². The lowest BCUT2D eigenvalue weighted by Gasteiger charge is -2.18. The van der Waals surface area contributed by atoms with Crippen molar-refractivity contribution < 1.29 is 9.50 Å². The van der Waals surface area contributed by atoms with Crippen LogP contribution in [0.5, 0.6) is 0 Å². The second-order valence-electron chi connectivity index (χ2n) is 5.62. The van der Waals surface area contributed by atoms with E-state index in [2.05, 4.69) is 9.24 Å². The van der Waals surface area contributed by atoms with Crippen molar-refractivity contribution in [3.63, 3.8) is 0 Å². The number of rotatable bonds is 3. The van der Waals surface area contributed by atoms with Crippen molar-refractivity contribution >= 4 is 31.7 Å². The molecule has 0 heterocycles. The molecule has 118 valence electrons. The fourth-order valence-electron chi connectivity index (χ4n) is 2.58. The minimum absolute atomic E-state index is 0.0905. The molecule has 0 radical (unpaired) electrons. The maximum absolute atomic E-state index is 14.0. The number of hydrogen-bond acceptors (Lipinski definition) is 1. The zero-order valence-corrected chi connectivity index (χ0v) is 14.4. The molecule has 1 nitrogen and oxygen atoms in total. The van der Waals surface area contributed by atoms with Gasteiger partial charge in [0.15, 0.2) is 0 Å². The molecule has 23 heavy (non-hydrogen) atoms. The van der Waals surface area contributed by atoms with E-state index in [1.54, 1.807) is 12.1 Å². The minimum Gasteiger partial charge on any atom is -0.508 e. The summed E-state index contributed by atoms with van der Waals surface area (Å²) >= 11 is 5.86. The lowest BCUT2D eigenvalue weighted by molar-refractivity contribution is 0.407. The Morgan fingerprint density at radius 2 is 1.87 bits per heavy atom. The highest BCUT2D eigenvalue weighted by molar-refractivity contribution is 7.27. The van der Waals surface area contributed by atoms with Crippen molar-refractivity contribution in [2.75, 3.05) is 0 Å². The van der Waals surface area contributed by atoms with Gasteiger partial charge >= 0.3 is 0 Å². The van der Waals surface area contributed by atoms with Gasteiger partial charge in [-0.1, -0.05) is 41.9 Å². The number of hydrogen-bond donors (Lipinski definition) is 1. The third-order valence-corrected chi connectivity index (χ3v) is 4.84. The number of aliphatic hydroxyl groups is 1. The van der Waals surface area contributed by atoms with Crippen LogP contribution in [0.25, 0.3) is 5.57 Å². The average molecular weight is 347 g/mol. The maximum Gasteiger partial charge on any atom is 0.142 e. The van der Waals surface area contributed by atoms with Gasteiger partial charge in [-0.15, -0.1) is 9.24 Å². The van der Waals surface area contributed by atoms with E-state index in [-0.39, 0.29) is 10.8 Å². The summed E-state index contributed by atoms with van der Waals surface area (Å²) in [5.41, 5.74) is 3.46. The summed E-state index contributed by atoms with van der Waals surface area (Å²) < 4.78 is 14.0. The Morgan fingerprint density at radius 1 is 1.17 bits per heavy atom. The largest absolute Gasteiger partial charge is 0.508 e. The highest BCUT2D eigenvalue weighted by atomic mass is 35.5. The molecule has 0 aromatic heterocycles. The van der Waals surface area contributed by atoms with Gasteiger partial charge in [-0.2, -0.15) is 0 Å². The van der Waals surface area contributed by atoms with Crippen molar-refractivity contribution in [1.29, 1.82) is 0 Å². The van der Waals surface area contributed by atoms with Gasteiger partial charge in [-0.3, -0.25) is 0 Å². The highest BCUT2D eigenvalue weighted by Crippen LogP contribution is 2.32. The van der Waals surface area contributed by atoms with Crippen LogP contribution in [0.15, 0.2) is 59.9 Å². The molecule has 3 rings (SSSR count). The van der Waals surface area contributed by atoms with Gasteiger partial charge < -0.3 is 5.11 Å². The van der Waals surface area contributed by atoms with Crippen LogP contribution in [0.3, 0.4) is 0 Å². The first-order valence-corrected chi connectivity index (χ1v) is 8.45. The summed E-state index contributed by atoms with van der Waals surface area (Å²) in [5, 5.41) is 11.2. The first-order chi connectivity index (χ1) is 11.1. The van der Waals surface area contributed by atoms with E-state index >= 15 is 0 Å². The predicted octanol–water partition coefficient (Wildman–Crippen LogP) is 5.41. The van der Waals surface area contributed by atoms with Crippen molar-refractivity contribution in [2.45, 2.75) is 19.3 Å². The lowest BCUT2D eigenvalue weighted by Crippen LogP contribution is -2.06. The molecule has 1 fully saturated rings. The summed E-state index contributed by atoms with van der Waals surface area (Å²) in [6.07, 6.45) is 4.69. The summed E-state index contributed by atoms with van der Waals surface area (Å²) in [5.74, 6) is -0.180. The molecule has 1 N–H and O–H groups in total. The van der Waals surface area contributed by atoms with Crippen LogP contribution in [0, 0.1) is 5.82 Å². The van der Waals surface area contributed by atoms with Gasteiger partial charge in [0.1, 0.15) is 11.6 Å². The highest BCUT2D eigenvalue weighted by Gasteiger charge is 2.16. The normalized spacial score (nSPS) is 14.6. The summed E-state index contributed by atoms with van der Waals surface area (Å²) in [6, 6.07) is 12.7. The third kappa shape index (κ3) is 3.49. The van der Waals surface area contributed by atoms with E-state index in [9.17, 15) is 9.50 Å². The predicted molar refractivity (Wildman–Crippen MR) is 97.8 cm³/mol. The standard InChI is InChI=1S/C19H17ClFOP/c20-16-11-19(23)15(9-17(16)21)14(12-5-2-1-3-6-12)10-18(22)13-7-4-8-13/h1-3,5-6,9-11,22H,4,7-8,23H2/b14-10+. The fourth-order valence-corrected chi connectivity index (χ4v) is 3.26. The number of halogens is 2. The summed E-state index contributed by atoms with van der Waals surface area (Å²) in [4.78, 5) is 0. The molecule has 0 spiro atoms. The maximum atomic E-state index is 14.0. The van der Waals surface area contributed by atoms with Crippen LogP contribution in [0.4, 0.5) is 4.39 Å². The van der Waals surface area contributed by atoms with E-state index in [0.29, 0.717) is 5.56 Å². The van der Waals surface area contributed by atoms with E-state index in [1.165, 1.54) is 6.07 Å². The van der Waals surface area contributed by atoms with Crippen LogP contribution in [-0.2, 0) is 0 Å². The fraction of sp³-hybridized carbons (Fsp3) is 0.158. The molecular weight excluding hydrogens is 330 g/mol. The minimum atomic E-state index is -0.467. The molecule has 0 bridgehead atoms. The molecule has 1 unspecified atom stereocenters. The average Bonchev–Trinajstić information content (AvgIpc) is 2.48. The Balaban J connectivity index is 2.17. The molecule has 1 saturated carbocycles. The van der Waals surface area contributed by atoms with Gasteiger partial charge in [0, 0.05) is 0 Å². The topological polar surface area (TPSA) is 20.2 Å². The van der Waals surface area contributed by atoms with Gasteiger partial charge in [-0.25, -0.2) is 4.39 Å². The third-order valence-electron chi connectivity index (χ3n) is 4.07. The lowest BCUT2D eigenvalue weighted by atomic mass is 9.89. The van der Waals surface area contributed by atoms with Crippen LogP contribution < -0.4 is 5.30 Å². The summed E-state index contributed by atoms with van der Waals surface area (Å²) in [7, 11) is 2.58. The van der Waals surface area contributed by atoms with E-state index < -0.39 is 5.82 Å². The first-order valence-electron chi connectivity index (χ1n) is 7.49. The smallest absolute Gasteiger partial charge is 0.142 e. The number of aliphatic hydroxyl groups excluding tert-OH is 1. The summed E-state index contributed by atoms with van der Waals surface area (Å²) in [6.45, 7) is 0. The van der Waals surface area contributed by atoms with Crippen molar-refractivity contribution in [1.82, 2.24) is 0 Å². The Labute approximate surface area is 142 Å². The monoisotopic (exact) mass is 346 g/mol. The van der Waals surface area contributed by atoms with Crippen molar-refractivity contribution in [3.8, 4) is 0 Å². The van der Waals surface area contributed by atoms with Crippen LogP contribution in [-0.4, -0.2) is 5.11 Å². The quantitative estimate of drug-likeness (QED) is 0.582. The SMILES string of the molecule is OC(/C=C(\c1ccccc1)c1cc(F)c(Cl)cc1P)=C1CCC1. The second-order valence-corrected chi connectivity index (χ2v) is 6.65. The Bertz CT molecular complexity index is 791. The van der Waals surface area contributed by atoms with Crippen molar-refractivity contribution in [3.05, 3.63) is 81.8 Å². The Hall–Kier alpha value is -1.63. The van der Waals surface area contributed by atoms with Crippen molar-refractivity contribution in [2.24, 2.45) is 0 Å². The van der Waals surface area contributed by atoms with E-state index in [1.807, 2.05) is 30.3 Å². The number of allylic oxidation sites excluding steroid dienone is 2. The van der Waals surface area contributed by atoms with Crippen LogP contribution in [0.2, 0.25) is 5.02 Å². The first kappa shape index (κ1) is 16.2. The van der Waals surface area contributed by atoms with Gasteiger partial charge in [0.25, 0.3) is 0 Å². The Morgan fingerprint density at radius 3 is 2.48 bits per heavy atom. The zero-order chi connectivity index (χ0) is 16.4. The Kier molecular flexibility index (Phi) is 4.84. The molecular formula is C19H17ClFOP. The van der Waals surface area contributed by atoms with E-state index in [4.69, 9.17) is 11.6 Å². The molecule has 0 amide bonds. The number of benzene rings is 2. The van der Waals surface area contributed by atoms with Gasteiger partial charge in [0.05, 0.1) is 5.02 Å². The van der Waals surface area contributed by atoms with Gasteiger partial charge in [0.2, 0.25) is 0 Å². The molecule has 1 atom stereocenters. The zero-order valence-electron chi connectivity index (χ0n) is 12.5. The second kappa shape index (κ2) is 6.86. The molecule has 1 aliphatic rings. The molecule has 2 aromatic rings. The van der Waals surface area contributed by atoms with Gasteiger partial charge in [-0.05, 0) is 65.0 Å². The molecule has 1 aliphatic carbocycles. The molecule has 0 saturated heterocycles. The molecule has 2 aromatic carbocycles. The molecule has 4 heteroatoms. The van der Waals surface area contributed by atoms with Crippen LogP contribution in [0.1, 0.15) is 30.4 Å².